The van der Waals surface area contributed by atoms with Gasteiger partial charge in [-0.1, -0.05) is 0 Å². The number of rotatable bonds is 11. The molecular formula is C13H19N3O5S. The molecule has 0 spiro atoms. The number of carbonyl (C=O) groups is 3. The van der Waals surface area contributed by atoms with E-state index in [4.69, 9.17) is 15.5 Å². The van der Waals surface area contributed by atoms with Crippen LogP contribution < -0.4 is 10.6 Å². The summed E-state index contributed by atoms with van der Waals surface area (Å²) in [5.41, 5.74) is -0.259. The van der Waals surface area contributed by atoms with E-state index in [-0.39, 0.29) is 18.4 Å². The van der Waals surface area contributed by atoms with Crippen LogP contribution in [0.15, 0.2) is 11.8 Å². The minimum absolute atomic E-state index is 0.0231. The average Bonchev–Trinajstić information content (AvgIpc) is 2.46. The molecule has 0 aliphatic heterocycles. The first-order valence-electron chi connectivity index (χ1n) is 6.50. The molecule has 0 fully saturated rings. The Morgan fingerprint density at radius 1 is 1.36 bits per heavy atom. The number of nitrogens with one attached hydrogen (secondary N) is 2. The summed E-state index contributed by atoms with van der Waals surface area (Å²) in [5, 5.41) is 31.3. The van der Waals surface area contributed by atoms with E-state index in [0.29, 0.717) is 18.7 Å². The maximum absolute atomic E-state index is 11.8. The topological polar surface area (TPSA) is 140 Å². The van der Waals surface area contributed by atoms with Gasteiger partial charge in [-0.25, -0.2) is 4.79 Å². The summed E-state index contributed by atoms with van der Waals surface area (Å²) in [6, 6.07) is 0.622. The molecule has 0 aromatic heterocycles. The minimum Gasteiger partial charge on any atom is -0.481 e. The second kappa shape index (κ2) is 11.4. The number of carboxylic acids is 2. The Balaban J connectivity index is 4.46. The number of nitrogens with zero attached hydrogens (tertiary/aromatic N) is 1. The van der Waals surface area contributed by atoms with Gasteiger partial charge in [0.15, 0.2) is 0 Å². The lowest BCUT2D eigenvalue weighted by Crippen LogP contribution is -2.41. The maximum Gasteiger partial charge on any atom is 0.326 e. The molecule has 8 nitrogen and oxygen atoms in total. The highest BCUT2D eigenvalue weighted by Gasteiger charge is 2.21. The Hall–Kier alpha value is -2.21. The Kier molecular flexibility index (Phi) is 10.3. The molecule has 1 unspecified atom stereocenters. The molecule has 122 valence electrons. The molecule has 0 saturated carbocycles. The molecule has 0 saturated heterocycles. The zero-order chi connectivity index (χ0) is 17.0. The quantitative estimate of drug-likeness (QED) is 0.239. The first-order chi connectivity index (χ1) is 10.4. The Morgan fingerprint density at radius 3 is 2.55 bits per heavy atom. The van der Waals surface area contributed by atoms with Crippen molar-refractivity contribution in [1.82, 2.24) is 10.6 Å². The zero-order valence-electron chi connectivity index (χ0n) is 12.2. The highest BCUT2D eigenvalue weighted by molar-refractivity contribution is 7.98. The normalized spacial score (nSPS) is 12.1. The largest absolute Gasteiger partial charge is 0.481 e. The van der Waals surface area contributed by atoms with Crippen LogP contribution >= 0.6 is 11.8 Å². The molecule has 0 aromatic rings. The third kappa shape index (κ3) is 8.86. The molecule has 0 aliphatic carbocycles. The van der Waals surface area contributed by atoms with Crippen LogP contribution in [-0.4, -0.2) is 52.7 Å². The molecule has 22 heavy (non-hydrogen) atoms. The zero-order valence-corrected chi connectivity index (χ0v) is 13.0. The highest BCUT2D eigenvalue weighted by Crippen LogP contribution is 2.02. The number of thioether (sulfide) groups is 1. The van der Waals surface area contributed by atoms with Gasteiger partial charge >= 0.3 is 11.9 Å². The highest BCUT2D eigenvalue weighted by atomic mass is 32.2. The number of amides is 1. The van der Waals surface area contributed by atoms with Gasteiger partial charge in [0.25, 0.3) is 5.91 Å². The van der Waals surface area contributed by atoms with Gasteiger partial charge in [-0.3, -0.25) is 9.59 Å². The van der Waals surface area contributed by atoms with E-state index >= 15 is 0 Å². The number of aliphatic carboxylic acids is 2. The van der Waals surface area contributed by atoms with Crippen LogP contribution in [0.3, 0.4) is 0 Å². The smallest absolute Gasteiger partial charge is 0.326 e. The Labute approximate surface area is 132 Å². The molecule has 1 atom stereocenters. The second-order valence-electron chi connectivity index (χ2n) is 4.27. The number of hydrogen-bond donors (Lipinski definition) is 4. The van der Waals surface area contributed by atoms with Crippen molar-refractivity contribution in [2.24, 2.45) is 0 Å². The molecule has 1 amide bonds. The SMILES string of the molecule is CSCCC(NC(=O)/C(C#N)=C\NCCCC(=O)O)C(=O)O. The van der Waals surface area contributed by atoms with E-state index in [2.05, 4.69) is 10.6 Å². The summed E-state index contributed by atoms with van der Waals surface area (Å²) in [6.45, 7) is 0.291. The van der Waals surface area contributed by atoms with Crippen molar-refractivity contribution >= 4 is 29.6 Å². The van der Waals surface area contributed by atoms with E-state index in [1.165, 1.54) is 11.8 Å². The van der Waals surface area contributed by atoms with Crippen molar-refractivity contribution in [1.29, 1.82) is 5.26 Å². The molecule has 0 radical (unpaired) electrons. The van der Waals surface area contributed by atoms with Crippen molar-refractivity contribution in [2.45, 2.75) is 25.3 Å². The summed E-state index contributed by atoms with van der Waals surface area (Å²) in [6.07, 6.45) is 3.56. The fourth-order valence-corrected chi connectivity index (χ4v) is 1.86. The van der Waals surface area contributed by atoms with Gasteiger partial charge in [-0.15, -0.1) is 0 Å². The monoisotopic (exact) mass is 329 g/mol. The molecule has 9 heteroatoms. The number of nitriles is 1. The molecule has 0 heterocycles. The van der Waals surface area contributed by atoms with Gasteiger partial charge in [0, 0.05) is 19.2 Å². The number of carbonyl (C=O) groups excluding carboxylic acids is 1. The first-order valence-corrected chi connectivity index (χ1v) is 7.89. The summed E-state index contributed by atoms with van der Waals surface area (Å²) < 4.78 is 0. The summed E-state index contributed by atoms with van der Waals surface area (Å²) >= 11 is 1.46. The van der Waals surface area contributed by atoms with E-state index in [9.17, 15) is 14.4 Å². The molecular weight excluding hydrogens is 310 g/mol. The van der Waals surface area contributed by atoms with Crippen LogP contribution in [-0.2, 0) is 14.4 Å². The van der Waals surface area contributed by atoms with Crippen LogP contribution in [0, 0.1) is 11.3 Å². The van der Waals surface area contributed by atoms with Crippen molar-refractivity contribution in [3.8, 4) is 6.07 Å². The fraction of sp³-hybridized carbons (Fsp3) is 0.538. The van der Waals surface area contributed by atoms with Crippen molar-refractivity contribution < 1.29 is 24.6 Å². The lowest BCUT2D eigenvalue weighted by atomic mass is 10.2. The van der Waals surface area contributed by atoms with Gasteiger partial charge in [0.1, 0.15) is 17.7 Å². The van der Waals surface area contributed by atoms with Gasteiger partial charge < -0.3 is 20.8 Å². The fourth-order valence-electron chi connectivity index (χ4n) is 1.39. The first kappa shape index (κ1) is 19.8. The summed E-state index contributed by atoms with van der Waals surface area (Å²) in [7, 11) is 0. The predicted octanol–water partition coefficient (Wildman–Crippen LogP) is 0.171. The van der Waals surface area contributed by atoms with Crippen LogP contribution in [0.2, 0.25) is 0 Å². The molecule has 0 aliphatic rings. The standard InChI is InChI=1S/C13H19N3O5S/c1-22-6-4-10(13(20)21)16-12(19)9(7-14)8-15-5-2-3-11(17)18/h8,10,15H,2-6H2,1H3,(H,16,19)(H,17,18)(H,20,21)/b9-8-. The third-order valence-electron chi connectivity index (χ3n) is 2.54. The van der Waals surface area contributed by atoms with Crippen LogP contribution in [0.5, 0.6) is 0 Å². The van der Waals surface area contributed by atoms with E-state index in [1.54, 1.807) is 6.07 Å². The van der Waals surface area contributed by atoms with Crippen molar-refractivity contribution in [3.63, 3.8) is 0 Å². The van der Waals surface area contributed by atoms with Gasteiger partial charge in [0.2, 0.25) is 0 Å². The maximum atomic E-state index is 11.8. The number of carboxylic acid groups (broad SMARTS) is 2. The van der Waals surface area contributed by atoms with Gasteiger partial charge in [-0.2, -0.15) is 17.0 Å². The Bertz CT molecular complexity index is 473. The average molecular weight is 329 g/mol. The Morgan fingerprint density at radius 2 is 2.05 bits per heavy atom. The van der Waals surface area contributed by atoms with Crippen LogP contribution in [0.25, 0.3) is 0 Å². The lowest BCUT2D eigenvalue weighted by molar-refractivity contribution is -0.141. The molecule has 0 rings (SSSR count). The van der Waals surface area contributed by atoms with E-state index < -0.39 is 23.9 Å². The van der Waals surface area contributed by atoms with E-state index in [0.717, 1.165) is 6.20 Å². The van der Waals surface area contributed by atoms with Crippen LogP contribution in [0.4, 0.5) is 0 Å². The van der Waals surface area contributed by atoms with Crippen molar-refractivity contribution in [2.75, 3.05) is 18.6 Å². The minimum atomic E-state index is -1.16. The second-order valence-corrected chi connectivity index (χ2v) is 5.25. The number of hydrogen-bond acceptors (Lipinski definition) is 6. The van der Waals surface area contributed by atoms with Gasteiger partial charge in [0.05, 0.1) is 0 Å². The molecule has 0 aromatic carbocycles. The summed E-state index contributed by atoms with van der Waals surface area (Å²) in [4.78, 5) is 33.2. The van der Waals surface area contributed by atoms with Crippen molar-refractivity contribution in [3.05, 3.63) is 11.8 Å². The van der Waals surface area contributed by atoms with Crippen LogP contribution in [0.1, 0.15) is 19.3 Å². The van der Waals surface area contributed by atoms with Gasteiger partial charge in [-0.05, 0) is 24.9 Å². The molecule has 4 N–H and O–H groups in total. The third-order valence-corrected chi connectivity index (χ3v) is 3.18. The molecule has 0 bridgehead atoms. The van der Waals surface area contributed by atoms with E-state index in [1.807, 2.05) is 6.26 Å². The summed E-state index contributed by atoms with van der Waals surface area (Å²) in [5.74, 6) is -2.30. The predicted molar refractivity (Wildman–Crippen MR) is 81.1 cm³/mol. The lowest BCUT2D eigenvalue weighted by Gasteiger charge is -2.13.